The molecule has 0 spiro atoms. The molecule has 2 aromatic heterocycles. The molecule has 0 fully saturated rings. The minimum Gasteiger partial charge on any atom is -0.361 e. The van der Waals surface area contributed by atoms with Crippen molar-refractivity contribution in [2.24, 2.45) is 0 Å². The van der Waals surface area contributed by atoms with E-state index >= 15 is 0 Å². The molecule has 0 saturated heterocycles. The molecule has 0 saturated carbocycles. The molecule has 0 unspecified atom stereocenters. The Balaban J connectivity index is 1.67. The lowest BCUT2D eigenvalue weighted by molar-refractivity contribution is 0.0729. The van der Waals surface area contributed by atoms with Crippen molar-refractivity contribution in [2.45, 2.75) is 19.9 Å². The van der Waals surface area contributed by atoms with Gasteiger partial charge in [-0.05, 0) is 36.8 Å². The summed E-state index contributed by atoms with van der Waals surface area (Å²) in [5.41, 5.74) is 3.73. The third kappa shape index (κ3) is 2.06. The van der Waals surface area contributed by atoms with Crippen LogP contribution in [0.4, 0.5) is 0 Å². The van der Waals surface area contributed by atoms with Crippen molar-refractivity contribution < 1.29 is 9.32 Å². The second-order valence-electron chi connectivity index (χ2n) is 5.61. The van der Waals surface area contributed by atoms with Gasteiger partial charge in [-0.3, -0.25) is 9.78 Å². The van der Waals surface area contributed by atoms with Crippen LogP contribution in [-0.4, -0.2) is 27.5 Å². The van der Waals surface area contributed by atoms with E-state index < -0.39 is 0 Å². The Morgan fingerprint density at radius 1 is 1.32 bits per heavy atom. The van der Waals surface area contributed by atoms with Gasteiger partial charge in [0.25, 0.3) is 5.91 Å². The lowest BCUT2D eigenvalue weighted by atomic mass is 10.0. The van der Waals surface area contributed by atoms with Crippen LogP contribution >= 0.6 is 0 Å². The number of aromatic nitrogens is 2. The van der Waals surface area contributed by atoms with Gasteiger partial charge in [-0.1, -0.05) is 5.16 Å². The second-order valence-corrected chi connectivity index (χ2v) is 5.61. The number of pyridine rings is 1. The third-order valence-electron chi connectivity index (χ3n) is 4.19. The van der Waals surface area contributed by atoms with Crippen molar-refractivity contribution in [3.8, 4) is 0 Å². The first-order chi connectivity index (χ1) is 10.7. The topological polar surface area (TPSA) is 59.2 Å². The smallest absolute Gasteiger partial charge is 0.254 e. The van der Waals surface area contributed by atoms with E-state index in [4.69, 9.17) is 4.52 Å². The fourth-order valence-electron chi connectivity index (χ4n) is 2.91. The molecule has 0 N–H and O–H groups in total. The Morgan fingerprint density at radius 3 is 3.14 bits per heavy atom. The molecule has 110 valence electrons. The van der Waals surface area contributed by atoms with E-state index in [9.17, 15) is 4.79 Å². The van der Waals surface area contributed by atoms with Gasteiger partial charge in [0.15, 0.2) is 0 Å². The number of carbonyl (C=O) groups excluding carboxylic acids is 1. The van der Waals surface area contributed by atoms with E-state index in [0.29, 0.717) is 18.7 Å². The van der Waals surface area contributed by atoms with Gasteiger partial charge in [-0.2, -0.15) is 0 Å². The predicted molar refractivity (Wildman–Crippen MR) is 81.4 cm³/mol. The van der Waals surface area contributed by atoms with E-state index in [1.807, 2.05) is 36.1 Å². The molecule has 1 aliphatic rings. The van der Waals surface area contributed by atoms with Gasteiger partial charge in [-0.15, -0.1) is 0 Å². The molecule has 22 heavy (non-hydrogen) atoms. The molecule has 4 rings (SSSR count). The average Bonchev–Trinajstić information content (AvgIpc) is 3.02. The van der Waals surface area contributed by atoms with Crippen LogP contribution in [0.2, 0.25) is 0 Å². The quantitative estimate of drug-likeness (QED) is 0.692. The summed E-state index contributed by atoms with van der Waals surface area (Å²) in [7, 11) is 0. The summed E-state index contributed by atoms with van der Waals surface area (Å²) in [6.45, 7) is 3.25. The monoisotopic (exact) mass is 293 g/mol. The molecular weight excluding hydrogens is 278 g/mol. The Morgan fingerprint density at radius 2 is 2.23 bits per heavy atom. The standard InChI is InChI=1S/C17H15N3O2/c1-11-4-6-18-15-3-2-12(8-14(11)15)17(21)20-7-5-16-13(10-20)9-19-22-16/h2-4,6,8-9H,5,7,10H2,1H3. The maximum atomic E-state index is 12.7. The van der Waals surface area contributed by atoms with Crippen molar-refractivity contribution in [1.82, 2.24) is 15.0 Å². The zero-order chi connectivity index (χ0) is 15.1. The van der Waals surface area contributed by atoms with Gasteiger partial charge in [0.05, 0.1) is 18.3 Å². The first-order valence-electron chi connectivity index (χ1n) is 7.29. The van der Waals surface area contributed by atoms with Gasteiger partial charge in [0.1, 0.15) is 5.76 Å². The molecule has 1 aliphatic heterocycles. The first-order valence-corrected chi connectivity index (χ1v) is 7.29. The number of carbonyl (C=O) groups is 1. The molecule has 0 aliphatic carbocycles. The third-order valence-corrected chi connectivity index (χ3v) is 4.19. The fourth-order valence-corrected chi connectivity index (χ4v) is 2.91. The van der Waals surface area contributed by atoms with Crippen LogP contribution in [0.1, 0.15) is 27.2 Å². The van der Waals surface area contributed by atoms with Crippen LogP contribution in [0, 0.1) is 6.92 Å². The van der Waals surface area contributed by atoms with Crippen LogP contribution < -0.4 is 0 Å². The molecule has 5 nitrogen and oxygen atoms in total. The zero-order valence-electron chi connectivity index (χ0n) is 12.2. The Bertz CT molecular complexity index is 869. The van der Waals surface area contributed by atoms with E-state index in [1.54, 1.807) is 12.4 Å². The molecule has 3 heterocycles. The fraction of sp³-hybridized carbons (Fsp3) is 0.235. The molecular formula is C17H15N3O2. The van der Waals surface area contributed by atoms with E-state index in [2.05, 4.69) is 10.1 Å². The van der Waals surface area contributed by atoms with Crippen molar-refractivity contribution in [1.29, 1.82) is 0 Å². The largest absolute Gasteiger partial charge is 0.361 e. The van der Waals surface area contributed by atoms with Gasteiger partial charge in [0.2, 0.25) is 0 Å². The molecule has 1 amide bonds. The Kier molecular flexibility index (Phi) is 2.92. The Labute approximate surface area is 127 Å². The van der Waals surface area contributed by atoms with Crippen molar-refractivity contribution in [3.05, 3.63) is 59.1 Å². The highest BCUT2D eigenvalue weighted by Gasteiger charge is 2.24. The van der Waals surface area contributed by atoms with E-state index in [-0.39, 0.29) is 5.91 Å². The van der Waals surface area contributed by atoms with Crippen LogP contribution in [0.25, 0.3) is 10.9 Å². The lowest BCUT2D eigenvalue weighted by Crippen LogP contribution is -2.35. The maximum Gasteiger partial charge on any atom is 0.254 e. The van der Waals surface area contributed by atoms with E-state index in [1.165, 1.54) is 0 Å². The predicted octanol–water partition coefficient (Wildman–Crippen LogP) is 2.73. The highest BCUT2D eigenvalue weighted by Crippen LogP contribution is 2.22. The van der Waals surface area contributed by atoms with Gasteiger partial charge in [0, 0.05) is 35.7 Å². The second kappa shape index (κ2) is 4.94. The number of aryl methyl sites for hydroxylation is 1. The summed E-state index contributed by atoms with van der Waals surface area (Å²) in [6, 6.07) is 7.65. The van der Waals surface area contributed by atoms with E-state index in [0.717, 1.165) is 34.2 Å². The van der Waals surface area contributed by atoms with Crippen LogP contribution in [0.15, 0.2) is 41.2 Å². The molecule has 3 aromatic rings. The minimum atomic E-state index is 0.0389. The zero-order valence-corrected chi connectivity index (χ0v) is 12.2. The highest BCUT2D eigenvalue weighted by molar-refractivity contribution is 5.98. The van der Waals surface area contributed by atoms with Crippen LogP contribution in [-0.2, 0) is 13.0 Å². The van der Waals surface area contributed by atoms with Gasteiger partial charge >= 0.3 is 0 Å². The Hall–Kier alpha value is -2.69. The van der Waals surface area contributed by atoms with Gasteiger partial charge < -0.3 is 9.42 Å². The summed E-state index contributed by atoms with van der Waals surface area (Å²) < 4.78 is 5.17. The normalized spacial score (nSPS) is 14.1. The molecule has 5 heteroatoms. The molecule has 0 bridgehead atoms. The summed E-state index contributed by atoms with van der Waals surface area (Å²) in [5, 5.41) is 4.83. The number of rotatable bonds is 1. The van der Waals surface area contributed by atoms with Crippen molar-refractivity contribution >= 4 is 16.8 Å². The highest BCUT2D eigenvalue weighted by atomic mass is 16.5. The number of nitrogens with zero attached hydrogens (tertiary/aromatic N) is 3. The van der Waals surface area contributed by atoms with Crippen molar-refractivity contribution in [2.75, 3.05) is 6.54 Å². The number of amides is 1. The summed E-state index contributed by atoms with van der Waals surface area (Å²) >= 11 is 0. The summed E-state index contributed by atoms with van der Waals surface area (Å²) in [5.74, 6) is 0.930. The average molecular weight is 293 g/mol. The summed E-state index contributed by atoms with van der Waals surface area (Å²) in [6.07, 6.45) is 4.20. The molecule has 0 atom stereocenters. The summed E-state index contributed by atoms with van der Waals surface area (Å²) in [4.78, 5) is 18.9. The number of hydrogen-bond donors (Lipinski definition) is 0. The lowest BCUT2D eigenvalue weighted by Gasteiger charge is -2.25. The minimum absolute atomic E-state index is 0.0389. The molecule has 0 radical (unpaired) electrons. The number of hydrogen-bond acceptors (Lipinski definition) is 4. The first kappa shape index (κ1) is 13.0. The van der Waals surface area contributed by atoms with Crippen LogP contribution in [0.3, 0.4) is 0 Å². The van der Waals surface area contributed by atoms with Crippen molar-refractivity contribution in [3.63, 3.8) is 0 Å². The van der Waals surface area contributed by atoms with Crippen LogP contribution in [0.5, 0.6) is 0 Å². The maximum absolute atomic E-state index is 12.7. The molecule has 1 aromatic carbocycles. The number of benzene rings is 1. The van der Waals surface area contributed by atoms with Gasteiger partial charge in [-0.25, -0.2) is 0 Å². The SMILES string of the molecule is Cc1ccnc2ccc(C(=O)N3CCc4oncc4C3)cc12. The number of fused-ring (bicyclic) bond motifs is 2.